The third-order valence-corrected chi connectivity index (χ3v) is 3.97. The van der Waals surface area contributed by atoms with E-state index in [4.69, 9.17) is 13.9 Å². The van der Waals surface area contributed by atoms with Crippen molar-refractivity contribution >= 4 is 11.9 Å². The molecule has 0 unspecified atom stereocenters. The number of nitrogens with one attached hydrogen (secondary N) is 1. The third kappa shape index (κ3) is 3.88. The number of hydrogen-bond acceptors (Lipinski definition) is 6. The van der Waals surface area contributed by atoms with E-state index in [2.05, 4.69) is 10.3 Å². The van der Waals surface area contributed by atoms with Crippen LogP contribution in [0.2, 0.25) is 0 Å². The van der Waals surface area contributed by atoms with Crippen molar-refractivity contribution < 1.29 is 23.5 Å². The van der Waals surface area contributed by atoms with Crippen molar-refractivity contribution in [3.05, 3.63) is 41.9 Å². The Bertz CT molecular complexity index is 749. The lowest BCUT2D eigenvalue weighted by molar-refractivity contribution is 0.0520. The van der Waals surface area contributed by atoms with Crippen LogP contribution >= 0.6 is 0 Å². The minimum absolute atomic E-state index is 0.0523. The first-order valence-electron chi connectivity index (χ1n) is 8.30. The molecule has 1 aliphatic rings. The fraction of sp³-hybridized carbons (Fsp3) is 0.389. The fourth-order valence-electron chi connectivity index (χ4n) is 2.77. The predicted molar refractivity (Wildman–Crippen MR) is 89.2 cm³/mol. The van der Waals surface area contributed by atoms with Crippen LogP contribution in [-0.2, 0) is 9.47 Å². The summed E-state index contributed by atoms with van der Waals surface area (Å²) in [5, 5.41) is 2.87. The van der Waals surface area contributed by atoms with Gasteiger partial charge in [-0.15, -0.1) is 0 Å². The van der Waals surface area contributed by atoms with E-state index >= 15 is 0 Å². The largest absolute Gasteiger partial charge is 0.461 e. The molecule has 132 valence electrons. The minimum atomic E-state index is -0.583. The van der Waals surface area contributed by atoms with Crippen LogP contribution in [0.1, 0.15) is 40.6 Å². The van der Waals surface area contributed by atoms with Gasteiger partial charge < -0.3 is 19.2 Å². The zero-order valence-electron chi connectivity index (χ0n) is 14.0. The summed E-state index contributed by atoms with van der Waals surface area (Å²) in [5.74, 6) is -0.612. The summed E-state index contributed by atoms with van der Waals surface area (Å²) in [5.41, 5.74) is 0.955. The van der Waals surface area contributed by atoms with Crippen molar-refractivity contribution in [2.75, 3.05) is 19.8 Å². The molecule has 25 heavy (non-hydrogen) atoms. The van der Waals surface area contributed by atoms with Gasteiger partial charge in [-0.1, -0.05) is 18.2 Å². The highest BCUT2D eigenvalue weighted by Gasteiger charge is 2.24. The molecule has 7 heteroatoms. The second kappa shape index (κ2) is 7.94. The van der Waals surface area contributed by atoms with E-state index in [-0.39, 0.29) is 30.1 Å². The summed E-state index contributed by atoms with van der Waals surface area (Å²) in [7, 11) is 0. The molecule has 1 amide bonds. The first-order valence-corrected chi connectivity index (χ1v) is 8.30. The lowest BCUT2D eigenvalue weighted by Crippen LogP contribution is -2.32. The van der Waals surface area contributed by atoms with E-state index in [1.165, 1.54) is 6.39 Å². The molecule has 0 bridgehead atoms. The van der Waals surface area contributed by atoms with Crippen LogP contribution in [0, 0.1) is 0 Å². The van der Waals surface area contributed by atoms with Gasteiger partial charge in [-0.3, -0.25) is 4.79 Å². The number of hydrogen-bond donors (Lipinski definition) is 1. The van der Waals surface area contributed by atoms with Gasteiger partial charge in [-0.25, -0.2) is 9.78 Å². The van der Waals surface area contributed by atoms with E-state index in [0.29, 0.717) is 17.7 Å². The number of carbonyl (C=O) groups is 2. The van der Waals surface area contributed by atoms with Crippen molar-refractivity contribution in [1.29, 1.82) is 0 Å². The molecule has 1 aromatic carbocycles. The molecule has 0 saturated carbocycles. The Morgan fingerprint density at radius 1 is 1.36 bits per heavy atom. The van der Waals surface area contributed by atoms with Crippen LogP contribution in [0.5, 0.6) is 0 Å². The second-order valence-electron chi connectivity index (χ2n) is 5.64. The van der Waals surface area contributed by atoms with Gasteiger partial charge in [0.1, 0.15) is 0 Å². The number of rotatable bonds is 6. The van der Waals surface area contributed by atoms with E-state index in [9.17, 15) is 9.59 Å². The molecule has 1 aromatic heterocycles. The second-order valence-corrected chi connectivity index (χ2v) is 5.64. The average molecular weight is 344 g/mol. The Kier molecular flexibility index (Phi) is 5.45. The quantitative estimate of drug-likeness (QED) is 0.809. The lowest BCUT2D eigenvalue weighted by atomic mass is 10.0. The number of benzene rings is 1. The van der Waals surface area contributed by atoms with E-state index in [1.54, 1.807) is 31.2 Å². The normalized spacial score (nSPS) is 16.6. The Morgan fingerprint density at radius 3 is 2.96 bits per heavy atom. The van der Waals surface area contributed by atoms with Crippen molar-refractivity contribution in [3.63, 3.8) is 0 Å². The van der Waals surface area contributed by atoms with Crippen LogP contribution in [0.25, 0.3) is 11.3 Å². The molecule has 1 N–H and O–H groups in total. The highest BCUT2D eigenvalue weighted by molar-refractivity contribution is 6.03. The molecule has 1 aliphatic heterocycles. The third-order valence-electron chi connectivity index (χ3n) is 3.97. The molecule has 0 aliphatic carbocycles. The average Bonchev–Trinajstić information content (AvgIpc) is 3.31. The van der Waals surface area contributed by atoms with Gasteiger partial charge in [0.25, 0.3) is 5.91 Å². The molecular formula is C18H20N2O5. The summed E-state index contributed by atoms with van der Waals surface area (Å²) >= 11 is 0. The molecule has 1 saturated heterocycles. The molecule has 2 aromatic rings. The van der Waals surface area contributed by atoms with Crippen LogP contribution in [0.3, 0.4) is 0 Å². The van der Waals surface area contributed by atoms with Gasteiger partial charge >= 0.3 is 5.97 Å². The van der Waals surface area contributed by atoms with Gasteiger partial charge in [-0.05, 0) is 25.8 Å². The maximum Gasteiger partial charge on any atom is 0.360 e. The summed E-state index contributed by atoms with van der Waals surface area (Å²) in [6.45, 7) is 3.13. The lowest BCUT2D eigenvalue weighted by Gasteiger charge is -2.12. The Labute approximate surface area is 145 Å². The first-order chi connectivity index (χ1) is 12.2. The number of oxazole rings is 1. The van der Waals surface area contributed by atoms with Crippen LogP contribution in [0.15, 0.2) is 35.1 Å². The maximum absolute atomic E-state index is 12.6. The molecule has 0 radical (unpaired) electrons. The number of carbonyl (C=O) groups excluding carboxylic acids is 2. The number of ether oxygens (including phenoxy) is 2. The van der Waals surface area contributed by atoms with Gasteiger partial charge in [0.2, 0.25) is 0 Å². The minimum Gasteiger partial charge on any atom is -0.461 e. The van der Waals surface area contributed by atoms with Crippen molar-refractivity contribution in [1.82, 2.24) is 10.3 Å². The molecule has 2 heterocycles. The van der Waals surface area contributed by atoms with E-state index in [0.717, 1.165) is 19.4 Å². The van der Waals surface area contributed by atoms with Gasteiger partial charge in [0.05, 0.1) is 18.3 Å². The zero-order chi connectivity index (χ0) is 17.6. The SMILES string of the molecule is CCOC(=O)c1ncoc1-c1ccccc1C(=O)NC[C@@H]1CCCO1. The van der Waals surface area contributed by atoms with Crippen LogP contribution in [0.4, 0.5) is 0 Å². The maximum atomic E-state index is 12.6. The number of amides is 1. The molecule has 1 fully saturated rings. The number of esters is 1. The summed E-state index contributed by atoms with van der Waals surface area (Å²) in [6.07, 6.45) is 3.18. The molecular weight excluding hydrogens is 324 g/mol. The zero-order valence-corrected chi connectivity index (χ0v) is 14.0. The number of aromatic nitrogens is 1. The van der Waals surface area contributed by atoms with E-state index in [1.807, 2.05) is 0 Å². The Morgan fingerprint density at radius 2 is 2.20 bits per heavy atom. The van der Waals surface area contributed by atoms with Crippen molar-refractivity contribution in [2.24, 2.45) is 0 Å². The molecule has 3 rings (SSSR count). The topological polar surface area (TPSA) is 90.7 Å². The highest BCUT2D eigenvalue weighted by Crippen LogP contribution is 2.27. The summed E-state index contributed by atoms with van der Waals surface area (Å²) < 4.78 is 15.9. The van der Waals surface area contributed by atoms with Crippen molar-refractivity contribution in [2.45, 2.75) is 25.9 Å². The molecule has 0 spiro atoms. The van der Waals surface area contributed by atoms with E-state index < -0.39 is 5.97 Å². The van der Waals surface area contributed by atoms with Gasteiger partial charge in [0, 0.05) is 18.7 Å². The predicted octanol–water partition coefficient (Wildman–Crippen LogP) is 2.43. The van der Waals surface area contributed by atoms with Crippen LogP contribution in [-0.4, -0.2) is 42.7 Å². The van der Waals surface area contributed by atoms with Gasteiger partial charge in [-0.2, -0.15) is 0 Å². The Hall–Kier alpha value is -2.67. The standard InChI is InChI=1S/C18H20N2O5/c1-2-23-18(22)15-16(25-11-20-15)13-7-3-4-8-14(13)17(21)19-10-12-6-5-9-24-12/h3-4,7-8,11-12H,2,5-6,9-10H2,1H3,(H,19,21)/t12-/m0/s1. The molecule has 1 atom stereocenters. The summed E-state index contributed by atoms with van der Waals surface area (Å²) in [4.78, 5) is 28.5. The van der Waals surface area contributed by atoms with Gasteiger partial charge in [0.15, 0.2) is 17.8 Å². The van der Waals surface area contributed by atoms with Crippen molar-refractivity contribution in [3.8, 4) is 11.3 Å². The smallest absolute Gasteiger partial charge is 0.360 e. The number of nitrogens with zero attached hydrogens (tertiary/aromatic N) is 1. The fourth-order valence-corrected chi connectivity index (χ4v) is 2.77. The highest BCUT2D eigenvalue weighted by atomic mass is 16.5. The summed E-state index contributed by atoms with van der Waals surface area (Å²) in [6, 6.07) is 6.91. The first kappa shape index (κ1) is 17.2. The monoisotopic (exact) mass is 344 g/mol. The van der Waals surface area contributed by atoms with Crippen LogP contribution < -0.4 is 5.32 Å². The molecule has 7 nitrogen and oxygen atoms in total. The Balaban J connectivity index is 1.82.